The van der Waals surface area contributed by atoms with Crippen molar-refractivity contribution in [3.05, 3.63) is 59.8 Å². The van der Waals surface area contributed by atoms with Gasteiger partial charge >= 0.3 is 6.18 Å². The SMILES string of the molecule is [C-]#[N+]c1cn2ccnc2c(-c2ccc(C(F)(F)F)cc2)n1. The molecule has 0 aliphatic heterocycles. The van der Waals surface area contributed by atoms with Gasteiger partial charge in [0.25, 0.3) is 5.82 Å². The van der Waals surface area contributed by atoms with Crippen LogP contribution in [0.3, 0.4) is 0 Å². The molecule has 0 saturated carbocycles. The third-order valence-electron chi connectivity index (χ3n) is 2.96. The molecular weight excluding hydrogens is 281 g/mol. The van der Waals surface area contributed by atoms with Crippen LogP contribution in [0.2, 0.25) is 0 Å². The summed E-state index contributed by atoms with van der Waals surface area (Å²) in [5, 5.41) is 0. The maximum atomic E-state index is 12.6. The highest BCUT2D eigenvalue weighted by molar-refractivity contribution is 5.75. The minimum absolute atomic E-state index is 0.149. The second-order valence-electron chi connectivity index (χ2n) is 4.29. The maximum Gasteiger partial charge on any atom is 0.416 e. The number of nitrogens with zero attached hydrogens (tertiary/aromatic N) is 4. The van der Waals surface area contributed by atoms with Gasteiger partial charge in [-0.25, -0.2) is 4.98 Å². The predicted octanol–water partition coefficient (Wildman–Crippen LogP) is 3.97. The summed E-state index contributed by atoms with van der Waals surface area (Å²) in [4.78, 5) is 11.5. The fourth-order valence-corrected chi connectivity index (χ4v) is 1.98. The van der Waals surface area contributed by atoms with Crippen LogP contribution < -0.4 is 0 Å². The monoisotopic (exact) mass is 288 g/mol. The van der Waals surface area contributed by atoms with Crippen LogP contribution in [0.15, 0.2) is 42.9 Å². The summed E-state index contributed by atoms with van der Waals surface area (Å²) in [7, 11) is 0. The van der Waals surface area contributed by atoms with Crippen molar-refractivity contribution in [2.75, 3.05) is 0 Å². The first kappa shape index (κ1) is 13.1. The Morgan fingerprint density at radius 2 is 1.86 bits per heavy atom. The van der Waals surface area contributed by atoms with Gasteiger partial charge in [-0.05, 0) is 24.3 Å². The van der Waals surface area contributed by atoms with E-state index in [9.17, 15) is 13.2 Å². The van der Waals surface area contributed by atoms with Gasteiger partial charge in [0.05, 0.1) is 5.56 Å². The summed E-state index contributed by atoms with van der Waals surface area (Å²) in [5.41, 5.74) is 0.612. The Hall–Kier alpha value is -2.88. The molecule has 0 aliphatic carbocycles. The Bertz CT molecular complexity index is 841. The van der Waals surface area contributed by atoms with Crippen molar-refractivity contribution in [1.29, 1.82) is 0 Å². The molecule has 0 amide bonds. The number of alkyl halides is 3. The summed E-state index contributed by atoms with van der Waals surface area (Å²) < 4.78 is 39.3. The summed E-state index contributed by atoms with van der Waals surface area (Å²) >= 11 is 0. The van der Waals surface area contributed by atoms with Gasteiger partial charge in [-0.15, -0.1) is 4.98 Å². The summed E-state index contributed by atoms with van der Waals surface area (Å²) in [6.45, 7) is 7.03. The van der Waals surface area contributed by atoms with E-state index in [2.05, 4.69) is 14.8 Å². The number of benzene rings is 1. The Morgan fingerprint density at radius 1 is 1.14 bits per heavy atom. The number of fused-ring (bicyclic) bond motifs is 1. The van der Waals surface area contributed by atoms with E-state index >= 15 is 0 Å². The van der Waals surface area contributed by atoms with Crippen LogP contribution >= 0.6 is 0 Å². The van der Waals surface area contributed by atoms with Crippen LogP contribution in [0.5, 0.6) is 0 Å². The van der Waals surface area contributed by atoms with Crippen molar-refractivity contribution >= 4 is 11.5 Å². The molecule has 3 rings (SSSR count). The molecule has 104 valence electrons. The third-order valence-corrected chi connectivity index (χ3v) is 2.96. The highest BCUT2D eigenvalue weighted by Crippen LogP contribution is 2.31. The van der Waals surface area contributed by atoms with Crippen molar-refractivity contribution in [2.45, 2.75) is 6.18 Å². The molecule has 0 saturated heterocycles. The lowest BCUT2D eigenvalue weighted by atomic mass is 10.1. The van der Waals surface area contributed by atoms with Crippen molar-refractivity contribution in [3.63, 3.8) is 0 Å². The summed E-state index contributed by atoms with van der Waals surface area (Å²) in [6, 6.07) is 4.63. The van der Waals surface area contributed by atoms with E-state index in [1.807, 2.05) is 0 Å². The van der Waals surface area contributed by atoms with E-state index < -0.39 is 11.7 Å². The minimum atomic E-state index is -4.38. The van der Waals surface area contributed by atoms with Crippen molar-refractivity contribution in [1.82, 2.24) is 14.4 Å². The van der Waals surface area contributed by atoms with Crippen LogP contribution in [0.1, 0.15) is 5.56 Å². The number of aromatic nitrogens is 3. The molecule has 0 fully saturated rings. The van der Waals surface area contributed by atoms with Crippen LogP contribution in [0.4, 0.5) is 19.0 Å². The fourth-order valence-electron chi connectivity index (χ4n) is 1.98. The first-order valence-electron chi connectivity index (χ1n) is 5.88. The zero-order chi connectivity index (χ0) is 15.0. The molecule has 21 heavy (non-hydrogen) atoms. The highest BCUT2D eigenvalue weighted by Gasteiger charge is 2.30. The number of imidazole rings is 1. The van der Waals surface area contributed by atoms with Gasteiger partial charge in [-0.3, -0.25) is 0 Å². The zero-order valence-corrected chi connectivity index (χ0v) is 10.5. The smallest absolute Gasteiger partial charge is 0.359 e. The Kier molecular flexibility index (Phi) is 2.87. The van der Waals surface area contributed by atoms with Crippen LogP contribution in [-0.2, 0) is 6.18 Å². The molecule has 0 aliphatic rings. The van der Waals surface area contributed by atoms with Crippen molar-refractivity contribution in [3.8, 4) is 11.3 Å². The van der Waals surface area contributed by atoms with E-state index in [-0.39, 0.29) is 5.82 Å². The summed E-state index contributed by atoms with van der Waals surface area (Å²) in [6.07, 6.45) is 0.327. The molecule has 3 aromatic rings. The minimum Gasteiger partial charge on any atom is -0.359 e. The van der Waals surface area contributed by atoms with Gasteiger partial charge in [0, 0.05) is 24.2 Å². The number of halogens is 3. The lowest BCUT2D eigenvalue weighted by molar-refractivity contribution is -0.137. The molecule has 0 radical (unpaired) electrons. The largest absolute Gasteiger partial charge is 0.416 e. The average molecular weight is 288 g/mol. The van der Waals surface area contributed by atoms with Crippen molar-refractivity contribution < 1.29 is 13.2 Å². The molecular formula is C14H7F3N4. The Labute approximate surface area is 117 Å². The van der Waals surface area contributed by atoms with Gasteiger partial charge in [0.2, 0.25) is 5.69 Å². The molecule has 2 heterocycles. The second-order valence-corrected chi connectivity index (χ2v) is 4.29. The number of rotatable bonds is 1. The third kappa shape index (κ3) is 2.31. The Balaban J connectivity index is 2.16. The zero-order valence-electron chi connectivity index (χ0n) is 10.5. The molecule has 0 bridgehead atoms. The lowest BCUT2D eigenvalue weighted by Gasteiger charge is -2.07. The van der Waals surface area contributed by atoms with Crippen LogP contribution in [0, 0.1) is 6.57 Å². The highest BCUT2D eigenvalue weighted by atomic mass is 19.4. The van der Waals surface area contributed by atoms with E-state index in [1.165, 1.54) is 18.3 Å². The molecule has 0 N–H and O–H groups in total. The first-order valence-corrected chi connectivity index (χ1v) is 5.88. The van der Waals surface area contributed by atoms with Gasteiger partial charge < -0.3 is 9.25 Å². The average Bonchev–Trinajstić information content (AvgIpc) is 2.93. The molecule has 2 aromatic heterocycles. The standard InChI is InChI=1S/C14H7F3N4/c1-18-11-8-21-7-6-19-13(21)12(20-11)9-2-4-10(5-3-9)14(15,16)17/h2-8H. The second kappa shape index (κ2) is 4.59. The Morgan fingerprint density at radius 3 is 2.48 bits per heavy atom. The van der Waals surface area contributed by atoms with E-state index in [0.29, 0.717) is 16.9 Å². The molecule has 0 spiro atoms. The molecule has 7 heteroatoms. The van der Waals surface area contributed by atoms with Crippen LogP contribution in [-0.4, -0.2) is 14.4 Å². The maximum absolute atomic E-state index is 12.6. The van der Waals surface area contributed by atoms with Gasteiger partial charge in [-0.2, -0.15) is 13.2 Å². The van der Waals surface area contributed by atoms with Gasteiger partial charge in [0.1, 0.15) is 0 Å². The predicted molar refractivity (Wildman–Crippen MR) is 69.7 cm³/mol. The van der Waals surface area contributed by atoms with E-state index in [0.717, 1.165) is 12.1 Å². The van der Waals surface area contributed by atoms with Crippen molar-refractivity contribution in [2.24, 2.45) is 0 Å². The molecule has 0 atom stereocenters. The van der Waals surface area contributed by atoms with Gasteiger partial charge in [-0.1, -0.05) is 6.57 Å². The summed E-state index contributed by atoms with van der Waals surface area (Å²) in [5.74, 6) is 0.149. The first-order chi connectivity index (χ1) is 9.99. The topological polar surface area (TPSA) is 34.5 Å². The number of hydrogen-bond donors (Lipinski definition) is 0. The van der Waals surface area contributed by atoms with Crippen LogP contribution in [0.25, 0.3) is 21.7 Å². The van der Waals surface area contributed by atoms with E-state index in [1.54, 1.807) is 16.8 Å². The quantitative estimate of drug-likeness (QED) is 0.635. The van der Waals surface area contributed by atoms with E-state index in [4.69, 9.17) is 6.57 Å². The molecule has 1 aromatic carbocycles. The lowest BCUT2D eigenvalue weighted by Crippen LogP contribution is -2.04. The molecule has 0 unspecified atom stereocenters. The number of hydrogen-bond acceptors (Lipinski definition) is 2. The normalized spacial score (nSPS) is 11.5. The fraction of sp³-hybridized carbons (Fsp3) is 0.0714. The van der Waals surface area contributed by atoms with Gasteiger partial charge in [0.15, 0.2) is 5.65 Å². The molecule has 4 nitrogen and oxygen atoms in total.